The van der Waals surface area contributed by atoms with Crippen LogP contribution in [-0.4, -0.2) is 40.2 Å². The number of aromatic nitrogens is 1. The molecule has 1 atom stereocenters. The summed E-state index contributed by atoms with van der Waals surface area (Å²) in [5.41, 5.74) is 3.99. The van der Waals surface area contributed by atoms with Crippen LogP contribution in [0.5, 0.6) is 0 Å². The quantitative estimate of drug-likeness (QED) is 0.303. The van der Waals surface area contributed by atoms with Gasteiger partial charge in [0.15, 0.2) is 5.58 Å². The van der Waals surface area contributed by atoms with Crippen molar-refractivity contribution >= 4 is 34.5 Å². The SMILES string of the molecule is C=CCN(C(=O)c1cccc(C)c1)C1CC(=O)N(c2ccc(-c3nc4ccccc4o3)cc2)C1=O. The third-order valence-corrected chi connectivity index (χ3v) is 6.02. The van der Waals surface area contributed by atoms with Gasteiger partial charge in [-0.2, -0.15) is 0 Å². The molecule has 0 aliphatic carbocycles. The van der Waals surface area contributed by atoms with E-state index in [2.05, 4.69) is 11.6 Å². The molecule has 0 bridgehead atoms. The van der Waals surface area contributed by atoms with Crippen molar-refractivity contribution in [3.63, 3.8) is 0 Å². The lowest BCUT2D eigenvalue weighted by molar-refractivity contribution is -0.122. The molecule has 7 heteroatoms. The van der Waals surface area contributed by atoms with Crippen LogP contribution in [0.1, 0.15) is 22.3 Å². The number of carbonyl (C=O) groups is 3. The minimum Gasteiger partial charge on any atom is -0.436 e. The van der Waals surface area contributed by atoms with Crippen molar-refractivity contribution in [3.8, 4) is 11.5 Å². The molecule has 1 aliphatic heterocycles. The first-order chi connectivity index (χ1) is 17.0. The summed E-state index contributed by atoms with van der Waals surface area (Å²) in [7, 11) is 0. The number of hydrogen-bond donors (Lipinski definition) is 0. The summed E-state index contributed by atoms with van der Waals surface area (Å²) in [5, 5.41) is 0. The molecule has 4 aromatic rings. The van der Waals surface area contributed by atoms with E-state index in [4.69, 9.17) is 4.42 Å². The van der Waals surface area contributed by atoms with Crippen molar-refractivity contribution in [2.24, 2.45) is 0 Å². The predicted molar refractivity (Wildman–Crippen MR) is 133 cm³/mol. The molecule has 174 valence electrons. The number of anilines is 1. The molecule has 3 aromatic carbocycles. The van der Waals surface area contributed by atoms with Crippen LogP contribution < -0.4 is 4.90 Å². The van der Waals surface area contributed by atoms with E-state index in [1.54, 1.807) is 48.5 Å². The average molecular weight is 466 g/mol. The Kier molecular flexibility index (Phi) is 5.74. The maximum Gasteiger partial charge on any atom is 0.257 e. The Labute approximate surface area is 202 Å². The molecule has 0 N–H and O–H groups in total. The molecule has 1 aliphatic rings. The van der Waals surface area contributed by atoms with Gasteiger partial charge < -0.3 is 9.32 Å². The molecular weight excluding hydrogens is 442 g/mol. The van der Waals surface area contributed by atoms with Crippen molar-refractivity contribution in [2.75, 3.05) is 11.4 Å². The maximum absolute atomic E-state index is 13.4. The van der Waals surface area contributed by atoms with Crippen molar-refractivity contribution < 1.29 is 18.8 Å². The summed E-state index contributed by atoms with van der Waals surface area (Å²) in [5.74, 6) is -0.656. The van der Waals surface area contributed by atoms with Crippen LogP contribution in [0.2, 0.25) is 0 Å². The molecule has 0 saturated carbocycles. The van der Waals surface area contributed by atoms with Gasteiger partial charge in [-0.25, -0.2) is 9.88 Å². The minimum atomic E-state index is -0.898. The Morgan fingerprint density at radius 2 is 1.89 bits per heavy atom. The summed E-state index contributed by atoms with van der Waals surface area (Å²) in [6.07, 6.45) is 1.47. The van der Waals surface area contributed by atoms with E-state index >= 15 is 0 Å². The molecule has 1 unspecified atom stereocenters. The van der Waals surface area contributed by atoms with Crippen molar-refractivity contribution in [3.05, 3.63) is 96.6 Å². The molecule has 3 amide bonds. The van der Waals surface area contributed by atoms with Gasteiger partial charge in [0.05, 0.1) is 12.1 Å². The van der Waals surface area contributed by atoms with E-state index in [1.165, 1.54) is 4.90 Å². The Hall–Kier alpha value is -4.52. The monoisotopic (exact) mass is 465 g/mol. The lowest BCUT2D eigenvalue weighted by Gasteiger charge is -2.26. The molecule has 2 heterocycles. The highest BCUT2D eigenvalue weighted by Gasteiger charge is 2.44. The molecule has 1 aromatic heterocycles. The first-order valence-corrected chi connectivity index (χ1v) is 11.3. The lowest BCUT2D eigenvalue weighted by atomic mass is 10.1. The van der Waals surface area contributed by atoms with E-state index < -0.39 is 11.9 Å². The standard InChI is InChI=1S/C28H23N3O4/c1-3-15-30(27(33)20-8-6-7-18(2)16-20)23-17-25(32)31(28(23)34)21-13-11-19(12-14-21)26-29-22-9-4-5-10-24(22)35-26/h3-14,16,23H,1,15,17H2,2H3. The van der Waals surface area contributed by atoms with E-state index in [0.29, 0.717) is 22.7 Å². The Morgan fingerprint density at radius 1 is 1.11 bits per heavy atom. The van der Waals surface area contributed by atoms with Crippen LogP contribution in [0.25, 0.3) is 22.6 Å². The average Bonchev–Trinajstić information content (AvgIpc) is 3.42. The van der Waals surface area contributed by atoms with Crippen LogP contribution in [-0.2, 0) is 9.59 Å². The number of aryl methyl sites for hydroxylation is 1. The van der Waals surface area contributed by atoms with E-state index in [9.17, 15) is 14.4 Å². The predicted octanol–water partition coefficient (Wildman–Crippen LogP) is 4.76. The molecular formula is C28H23N3O4. The fraction of sp³-hybridized carbons (Fsp3) is 0.143. The fourth-order valence-electron chi connectivity index (χ4n) is 4.31. The Morgan fingerprint density at radius 3 is 2.60 bits per heavy atom. The number of amides is 3. The number of nitrogens with zero attached hydrogens (tertiary/aromatic N) is 3. The van der Waals surface area contributed by atoms with Gasteiger partial charge >= 0.3 is 0 Å². The second-order valence-corrected chi connectivity index (χ2v) is 8.44. The fourth-order valence-corrected chi connectivity index (χ4v) is 4.31. The largest absolute Gasteiger partial charge is 0.436 e. The summed E-state index contributed by atoms with van der Waals surface area (Å²) < 4.78 is 5.80. The number of benzene rings is 3. The van der Waals surface area contributed by atoms with Crippen molar-refractivity contribution in [1.29, 1.82) is 0 Å². The lowest BCUT2D eigenvalue weighted by Crippen LogP contribution is -2.45. The third kappa shape index (κ3) is 4.12. The third-order valence-electron chi connectivity index (χ3n) is 6.02. The second-order valence-electron chi connectivity index (χ2n) is 8.44. The number of fused-ring (bicyclic) bond motifs is 1. The topological polar surface area (TPSA) is 83.7 Å². The molecule has 0 spiro atoms. The zero-order chi connectivity index (χ0) is 24.5. The molecule has 5 rings (SSSR count). The number of oxazole rings is 1. The van der Waals surface area contributed by atoms with Crippen molar-refractivity contribution in [2.45, 2.75) is 19.4 Å². The summed E-state index contributed by atoms with van der Waals surface area (Å²) in [6.45, 7) is 5.77. The van der Waals surface area contributed by atoms with Crippen LogP contribution >= 0.6 is 0 Å². The summed E-state index contributed by atoms with van der Waals surface area (Å²) in [4.78, 5) is 46.5. The van der Waals surface area contributed by atoms with E-state index in [1.807, 2.05) is 37.3 Å². The van der Waals surface area contributed by atoms with Gasteiger partial charge in [0.25, 0.3) is 11.8 Å². The van der Waals surface area contributed by atoms with Gasteiger partial charge in [-0.15, -0.1) is 6.58 Å². The normalized spacial score (nSPS) is 15.6. The van der Waals surface area contributed by atoms with Crippen LogP contribution in [0, 0.1) is 6.92 Å². The number of rotatable bonds is 6. The summed E-state index contributed by atoms with van der Waals surface area (Å²) in [6, 6.07) is 20.6. The zero-order valence-corrected chi connectivity index (χ0v) is 19.2. The molecule has 7 nitrogen and oxygen atoms in total. The second kappa shape index (κ2) is 9.02. The van der Waals surface area contributed by atoms with Gasteiger partial charge in [-0.05, 0) is 55.5 Å². The van der Waals surface area contributed by atoms with Gasteiger partial charge in [0, 0.05) is 17.7 Å². The molecule has 0 radical (unpaired) electrons. The van der Waals surface area contributed by atoms with Crippen LogP contribution in [0.3, 0.4) is 0 Å². The number of hydrogen-bond acceptors (Lipinski definition) is 5. The smallest absolute Gasteiger partial charge is 0.257 e. The van der Waals surface area contributed by atoms with Crippen LogP contribution in [0.4, 0.5) is 5.69 Å². The molecule has 35 heavy (non-hydrogen) atoms. The summed E-state index contributed by atoms with van der Waals surface area (Å²) >= 11 is 0. The highest BCUT2D eigenvalue weighted by Crippen LogP contribution is 2.30. The van der Waals surface area contributed by atoms with Gasteiger partial charge in [-0.1, -0.05) is 35.9 Å². The molecule has 1 fully saturated rings. The zero-order valence-electron chi connectivity index (χ0n) is 19.2. The highest BCUT2D eigenvalue weighted by atomic mass is 16.3. The minimum absolute atomic E-state index is 0.0862. The number of para-hydroxylation sites is 2. The molecule has 1 saturated heterocycles. The first-order valence-electron chi connectivity index (χ1n) is 11.3. The van der Waals surface area contributed by atoms with Gasteiger partial charge in [-0.3, -0.25) is 14.4 Å². The number of imide groups is 1. The Balaban J connectivity index is 1.40. The van der Waals surface area contributed by atoms with E-state index in [-0.39, 0.29) is 24.8 Å². The van der Waals surface area contributed by atoms with Crippen molar-refractivity contribution in [1.82, 2.24) is 9.88 Å². The first kappa shape index (κ1) is 22.3. The maximum atomic E-state index is 13.4. The van der Waals surface area contributed by atoms with Gasteiger partial charge in [0.1, 0.15) is 11.6 Å². The van der Waals surface area contributed by atoms with Gasteiger partial charge in [0.2, 0.25) is 11.8 Å². The number of carbonyl (C=O) groups excluding carboxylic acids is 3. The van der Waals surface area contributed by atoms with Crippen LogP contribution in [0.15, 0.2) is 89.9 Å². The van der Waals surface area contributed by atoms with E-state index in [0.717, 1.165) is 21.5 Å². The highest BCUT2D eigenvalue weighted by molar-refractivity contribution is 6.23. The Bertz CT molecular complexity index is 1420.